The number of fused-ring (bicyclic) bond motifs is 8. The first-order valence-corrected chi connectivity index (χ1v) is 14.6. The van der Waals surface area contributed by atoms with Crippen molar-refractivity contribution >= 4 is 39.4 Å². The molecular weight excluding hydrogens is 578 g/mol. The van der Waals surface area contributed by atoms with Gasteiger partial charge >= 0.3 is 25.4 Å². The smallest absolute Gasteiger partial charge is 0.657 e. The Morgan fingerprint density at radius 3 is 2.48 bits per heavy atom. The van der Waals surface area contributed by atoms with E-state index in [0.717, 1.165) is 68.0 Å². The molecule has 3 aromatic rings. The third-order valence-corrected chi connectivity index (χ3v) is 9.35. The molecule has 7 nitrogen and oxygen atoms in total. The fraction of sp³-hybridized carbons (Fsp3) is 0.412. The van der Waals surface area contributed by atoms with Gasteiger partial charge in [-0.1, -0.05) is 55.7 Å². The average Bonchev–Trinajstić information content (AvgIpc) is 3.70. The maximum atomic E-state index is 13.4. The maximum absolute atomic E-state index is 13.4. The Bertz CT molecular complexity index is 1810. The van der Waals surface area contributed by atoms with Crippen LogP contribution in [-0.4, -0.2) is 28.8 Å². The molecule has 3 atom stereocenters. The first kappa shape index (κ1) is 30.1. The molecule has 0 N–H and O–H groups in total. The molecule has 0 radical (unpaired) electrons. The second-order valence-corrected chi connectivity index (χ2v) is 11.5. The summed E-state index contributed by atoms with van der Waals surface area (Å²) in [6.45, 7) is 12.6. The van der Waals surface area contributed by atoms with Gasteiger partial charge in [-0.15, -0.1) is 22.1 Å². The summed E-state index contributed by atoms with van der Waals surface area (Å²) in [5.74, 6) is -0.0535. The molecule has 8 bridgehead atoms. The average molecular weight is 614 g/mol. The van der Waals surface area contributed by atoms with Crippen LogP contribution in [0.2, 0.25) is 0 Å². The standard InChI is InChI=1S/C34H37N4O3.Zn/c1-8-20-16(3)24-13-26-18(5)22(10-11-31(40)41-7)33(37-26)23-12-30(39)32-19(6)27(38-34(23)32)15-29-21(9-2)17(4)25(36-29)14-28(20)35-24;/h8,13-16,18,22H,9-12H2,1-7H3,(H-,35,36,37,38,39);/q-1;+2/p-1/b20-8+;/t16?,18-,22-;/m0./s1. The first-order chi connectivity index (χ1) is 19.7. The van der Waals surface area contributed by atoms with E-state index in [1.54, 1.807) is 0 Å². The maximum Gasteiger partial charge on any atom is 2.00 e. The van der Waals surface area contributed by atoms with Crippen molar-refractivity contribution in [1.82, 2.24) is 19.9 Å². The normalized spacial score (nSPS) is 20.2. The van der Waals surface area contributed by atoms with E-state index >= 15 is 0 Å². The summed E-state index contributed by atoms with van der Waals surface area (Å²) in [4.78, 5) is 45.9. The summed E-state index contributed by atoms with van der Waals surface area (Å²) in [6, 6.07) is 6.24. The van der Waals surface area contributed by atoms with Crippen molar-refractivity contribution in [3.8, 4) is 0 Å². The Hall–Kier alpha value is -3.38. The number of ketones is 1. The Morgan fingerprint density at radius 1 is 1.05 bits per heavy atom. The molecule has 3 aromatic heterocycles. The monoisotopic (exact) mass is 612 g/mol. The van der Waals surface area contributed by atoms with Gasteiger partial charge in [0.2, 0.25) is 0 Å². The van der Waals surface area contributed by atoms with Gasteiger partial charge in [-0.05, 0) is 50.8 Å². The van der Waals surface area contributed by atoms with Crippen molar-refractivity contribution in [2.75, 3.05) is 7.11 Å². The molecule has 0 saturated carbocycles. The van der Waals surface area contributed by atoms with Crippen LogP contribution in [-0.2, 0) is 41.9 Å². The Kier molecular flexibility index (Phi) is 8.15. The topological polar surface area (TPSA) is 97.4 Å². The predicted molar refractivity (Wildman–Crippen MR) is 160 cm³/mol. The van der Waals surface area contributed by atoms with Crippen molar-refractivity contribution in [1.29, 1.82) is 0 Å². The molecule has 0 saturated heterocycles. The van der Waals surface area contributed by atoms with Crippen LogP contribution in [0.1, 0.15) is 114 Å². The van der Waals surface area contributed by atoms with Crippen LogP contribution >= 0.6 is 0 Å². The summed E-state index contributed by atoms with van der Waals surface area (Å²) in [6.07, 6.45) is 4.13. The number of aromatic nitrogens is 4. The van der Waals surface area contributed by atoms with Gasteiger partial charge in [0.15, 0.2) is 5.78 Å². The first-order valence-electron chi connectivity index (χ1n) is 14.6. The zero-order valence-electron chi connectivity index (χ0n) is 25.6. The van der Waals surface area contributed by atoms with Crippen LogP contribution in [0.25, 0.3) is 27.6 Å². The summed E-state index contributed by atoms with van der Waals surface area (Å²) in [5, 5.41) is 0. The summed E-state index contributed by atoms with van der Waals surface area (Å²) in [5.41, 5.74) is 12.9. The number of allylic oxidation sites excluding steroid dienone is 2. The van der Waals surface area contributed by atoms with E-state index in [9.17, 15) is 9.59 Å². The van der Waals surface area contributed by atoms with Gasteiger partial charge in [0, 0.05) is 47.5 Å². The van der Waals surface area contributed by atoms with Crippen molar-refractivity contribution < 1.29 is 33.8 Å². The summed E-state index contributed by atoms with van der Waals surface area (Å²) < 4.78 is 4.96. The van der Waals surface area contributed by atoms with Gasteiger partial charge in [-0.2, -0.15) is 0 Å². The Balaban J connectivity index is 0.00000353. The van der Waals surface area contributed by atoms with Gasteiger partial charge < -0.3 is 14.7 Å². The number of carbonyl (C=O) groups excluding carboxylic acids is 2. The number of hydrogen-bond donors (Lipinski definition) is 0. The van der Waals surface area contributed by atoms with Crippen molar-refractivity contribution in [2.45, 2.75) is 85.0 Å². The number of esters is 1. The van der Waals surface area contributed by atoms with Crippen LogP contribution in [0.15, 0.2) is 24.3 Å². The zero-order valence-corrected chi connectivity index (χ0v) is 28.6. The summed E-state index contributed by atoms with van der Waals surface area (Å²) >= 11 is 0. The number of ether oxygens (including phenoxy) is 1. The third-order valence-electron chi connectivity index (χ3n) is 9.35. The Morgan fingerprint density at radius 2 is 1.79 bits per heavy atom. The van der Waals surface area contributed by atoms with E-state index in [1.807, 2.05) is 13.0 Å². The van der Waals surface area contributed by atoms with Gasteiger partial charge in [0.1, 0.15) is 0 Å². The molecule has 0 spiro atoms. The van der Waals surface area contributed by atoms with Gasteiger partial charge in [0.05, 0.1) is 18.5 Å². The summed E-state index contributed by atoms with van der Waals surface area (Å²) in [7, 11) is 1.41. The number of methoxy groups -OCH3 is 1. The van der Waals surface area contributed by atoms with E-state index < -0.39 is 0 Å². The number of nitrogens with zero attached hydrogens (tertiary/aromatic N) is 4. The SMILES string of the molecule is C/C=C1/c2cc3[n-]c(cc4[n-]c5c(c6nc(cc(n2)C1C)[C@@H](C)[C@@H]6CCC(=O)OC)CC(=O)c5c4C)c(CC)c3C.[Zn+2]. The van der Waals surface area contributed by atoms with Crippen molar-refractivity contribution in [3.63, 3.8) is 0 Å². The molecule has 0 amide bonds. The fourth-order valence-electron chi connectivity index (χ4n) is 6.89. The molecule has 42 heavy (non-hydrogen) atoms. The van der Waals surface area contributed by atoms with Crippen LogP contribution in [0, 0.1) is 13.8 Å². The molecule has 1 aliphatic carbocycles. The van der Waals surface area contributed by atoms with Crippen LogP contribution in [0.3, 0.4) is 0 Å². The molecule has 8 heteroatoms. The minimum atomic E-state index is -0.246. The number of carbonyl (C=O) groups is 2. The minimum absolute atomic E-state index is 0. The zero-order chi connectivity index (χ0) is 29.2. The molecule has 5 heterocycles. The van der Waals surface area contributed by atoms with Crippen LogP contribution in [0.4, 0.5) is 0 Å². The minimum Gasteiger partial charge on any atom is -0.657 e. The number of aryl methyl sites for hydroxylation is 3. The quantitative estimate of drug-likeness (QED) is 0.244. The van der Waals surface area contributed by atoms with Gasteiger partial charge in [0.25, 0.3) is 0 Å². The van der Waals surface area contributed by atoms with Gasteiger partial charge in [-0.25, -0.2) is 0 Å². The van der Waals surface area contributed by atoms with E-state index in [0.29, 0.717) is 12.0 Å². The molecular formula is C34H36N4O3Zn. The molecule has 1 unspecified atom stereocenters. The van der Waals surface area contributed by atoms with Crippen molar-refractivity contribution in [3.05, 3.63) is 74.9 Å². The van der Waals surface area contributed by atoms with Crippen LogP contribution in [0.5, 0.6) is 0 Å². The number of hydrogen-bond acceptors (Lipinski definition) is 5. The second kappa shape index (κ2) is 11.4. The van der Waals surface area contributed by atoms with Crippen LogP contribution < -0.4 is 9.97 Å². The molecule has 2 aliphatic heterocycles. The van der Waals surface area contributed by atoms with E-state index in [4.69, 9.17) is 24.7 Å². The molecule has 0 fully saturated rings. The van der Waals surface area contributed by atoms with Crippen molar-refractivity contribution in [2.24, 2.45) is 0 Å². The molecule has 6 rings (SSSR count). The number of Topliss-reactive ketones (excluding diaryl/α,β-unsaturated/α-hetero) is 1. The molecule has 212 valence electrons. The Labute approximate surface area is 259 Å². The third kappa shape index (κ3) is 4.68. The largest absolute Gasteiger partial charge is 2.00 e. The van der Waals surface area contributed by atoms with E-state index in [-0.39, 0.29) is 61.8 Å². The second-order valence-electron chi connectivity index (χ2n) is 11.5. The number of rotatable bonds is 4. The predicted octanol–water partition coefficient (Wildman–Crippen LogP) is 6.54. The molecule has 3 aliphatic rings. The molecule has 0 aromatic carbocycles. The van der Waals surface area contributed by atoms with Gasteiger partial charge in [-0.3, -0.25) is 19.6 Å². The van der Waals surface area contributed by atoms with E-state index in [1.165, 1.54) is 18.2 Å². The fourth-order valence-corrected chi connectivity index (χ4v) is 6.89. The van der Waals surface area contributed by atoms with E-state index in [2.05, 4.69) is 52.8 Å².